The van der Waals surface area contributed by atoms with E-state index in [0.29, 0.717) is 12.0 Å². The molecule has 0 aliphatic rings. The van der Waals surface area contributed by atoms with Crippen LogP contribution in [0.4, 0.5) is 0 Å². The lowest BCUT2D eigenvalue weighted by molar-refractivity contribution is -0.132. The summed E-state index contributed by atoms with van der Waals surface area (Å²) in [6.07, 6.45) is 2.97. The lowest BCUT2D eigenvalue weighted by Crippen LogP contribution is -2.15. The molecular weight excluding hydrogens is 456 g/mol. The first-order chi connectivity index (χ1) is 9.35. The van der Waals surface area contributed by atoms with E-state index in [9.17, 15) is 4.79 Å². The van der Waals surface area contributed by atoms with E-state index in [2.05, 4.69) is 47.8 Å². The van der Waals surface area contributed by atoms with Gasteiger partial charge in [0.1, 0.15) is 11.9 Å². The summed E-state index contributed by atoms with van der Waals surface area (Å²) in [6.45, 7) is 3.59. The van der Waals surface area contributed by atoms with Crippen LogP contribution >= 0.6 is 47.8 Å². The highest BCUT2D eigenvalue weighted by Crippen LogP contribution is 2.37. The molecule has 1 N–H and O–H groups in total. The molecule has 0 radical (unpaired) electrons. The van der Waals surface area contributed by atoms with Gasteiger partial charge >= 0.3 is 5.97 Å². The van der Waals surface area contributed by atoms with Gasteiger partial charge in [-0.1, -0.05) is 28.9 Å². The van der Waals surface area contributed by atoms with Crippen molar-refractivity contribution in [2.75, 3.05) is 0 Å². The molecule has 0 heterocycles. The Morgan fingerprint density at radius 2 is 1.90 bits per heavy atom. The van der Waals surface area contributed by atoms with Gasteiger partial charge in [-0.3, -0.25) is 0 Å². The lowest BCUT2D eigenvalue weighted by atomic mass is 10.1. The number of benzene rings is 1. The molecule has 0 bridgehead atoms. The minimum Gasteiger partial charge on any atom is -0.488 e. The van der Waals surface area contributed by atoms with Crippen LogP contribution in [0.15, 0.2) is 37.2 Å². The first-order valence-corrected chi connectivity index (χ1v) is 8.44. The summed E-state index contributed by atoms with van der Waals surface area (Å²) in [4.78, 5) is 10.8. The van der Waals surface area contributed by atoms with Crippen molar-refractivity contribution < 1.29 is 14.6 Å². The van der Waals surface area contributed by atoms with E-state index >= 15 is 0 Å². The first-order valence-electron chi connectivity index (χ1n) is 6.06. The van der Waals surface area contributed by atoms with Crippen LogP contribution in [0.2, 0.25) is 0 Å². The Bertz CT molecular complexity index is 503. The topological polar surface area (TPSA) is 46.5 Å². The average molecular weight is 471 g/mol. The molecule has 1 rings (SSSR count). The third-order valence-electron chi connectivity index (χ3n) is 2.73. The van der Waals surface area contributed by atoms with Gasteiger partial charge < -0.3 is 9.84 Å². The van der Waals surface area contributed by atoms with Crippen LogP contribution in [-0.2, 0) is 4.79 Å². The monoisotopic (exact) mass is 468 g/mol. The predicted molar refractivity (Wildman–Crippen MR) is 90.3 cm³/mol. The molecule has 0 aromatic heterocycles. The largest absolute Gasteiger partial charge is 0.488 e. The maximum absolute atomic E-state index is 10.8. The first kappa shape index (κ1) is 17.7. The van der Waals surface area contributed by atoms with E-state index in [1.165, 1.54) is 0 Å². The van der Waals surface area contributed by atoms with Crippen LogP contribution < -0.4 is 4.74 Å². The van der Waals surface area contributed by atoms with E-state index in [0.717, 1.165) is 25.6 Å². The van der Waals surface area contributed by atoms with Crippen molar-refractivity contribution in [1.29, 1.82) is 0 Å². The lowest BCUT2D eigenvalue weighted by Gasteiger charge is -2.18. The molecule has 3 nitrogen and oxygen atoms in total. The fourth-order valence-electron chi connectivity index (χ4n) is 1.50. The standard InChI is InChI=1S/C14H15Br3O3/c1-3-10(5-4-8(2)14(18)19)20-13-11(16)6-9(15)7-12(13)17/h4,6-7,10H,3,5H2,1-2H3,(H,18,19). The van der Waals surface area contributed by atoms with Gasteiger partial charge in [-0.15, -0.1) is 0 Å². The Morgan fingerprint density at radius 3 is 2.35 bits per heavy atom. The number of carbonyl (C=O) groups is 1. The van der Waals surface area contributed by atoms with E-state index in [1.54, 1.807) is 13.0 Å². The Balaban J connectivity index is 2.84. The molecule has 1 aromatic carbocycles. The number of ether oxygens (including phenoxy) is 1. The van der Waals surface area contributed by atoms with E-state index in [4.69, 9.17) is 9.84 Å². The van der Waals surface area contributed by atoms with E-state index in [1.807, 2.05) is 19.1 Å². The highest BCUT2D eigenvalue weighted by atomic mass is 79.9. The summed E-state index contributed by atoms with van der Waals surface area (Å²) in [5, 5.41) is 8.85. The fourth-order valence-corrected chi connectivity index (χ4v) is 3.95. The normalized spacial score (nSPS) is 13.2. The Hall–Kier alpha value is -0.330. The van der Waals surface area contributed by atoms with Crippen molar-refractivity contribution in [3.05, 3.63) is 37.2 Å². The van der Waals surface area contributed by atoms with Gasteiger partial charge in [0.25, 0.3) is 0 Å². The minimum atomic E-state index is -0.897. The van der Waals surface area contributed by atoms with Gasteiger partial charge in [0.05, 0.1) is 8.95 Å². The molecule has 0 saturated carbocycles. The second-order valence-electron chi connectivity index (χ2n) is 4.27. The summed E-state index contributed by atoms with van der Waals surface area (Å²) in [5.74, 6) is -0.174. The quantitative estimate of drug-likeness (QED) is 0.554. The van der Waals surface area contributed by atoms with Gasteiger partial charge in [0.15, 0.2) is 0 Å². The summed E-state index contributed by atoms with van der Waals surface area (Å²) in [5.41, 5.74) is 0.334. The minimum absolute atomic E-state index is 0.0712. The Kier molecular flexibility index (Phi) is 7.26. The smallest absolute Gasteiger partial charge is 0.330 e. The number of carboxylic acids is 1. The molecule has 0 saturated heterocycles. The van der Waals surface area contributed by atoms with Gasteiger partial charge in [0, 0.05) is 16.5 Å². The number of hydrogen-bond donors (Lipinski definition) is 1. The third kappa shape index (κ3) is 5.22. The van der Waals surface area contributed by atoms with Gasteiger partial charge in [-0.25, -0.2) is 4.79 Å². The molecule has 110 valence electrons. The van der Waals surface area contributed by atoms with Crippen molar-refractivity contribution in [2.24, 2.45) is 0 Å². The molecule has 0 aliphatic heterocycles. The second kappa shape index (κ2) is 8.20. The Morgan fingerprint density at radius 1 is 1.35 bits per heavy atom. The molecule has 0 spiro atoms. The number of aliphatic carboxylic acids is 1. The van der Waals surface area contributed by atoms with E-state index in [-0.39, 0.29) is 6.10 Å². The number of rotatable bonds is 6. The summed E-state index contributed by atoms with van der Waals surface area (Å²) in [6, 6.07) is 3.82. The maximum atomic E-state index is 10.8. The zero-order valence-electron chi connectivity index (χ0n) is 11.1. The molecule has 1 atom stereocenters. The zero-order chi connectivity index (χ0) is 15.3. The molecule has 20 heavy (non-hydrogen) atoms. The average Bonchev–Trinajstić information content (AvgIpc) is 2.36. The molecule has 0 aliphatic carbocycles. The van der Waals surface area contributed by atoms with Crippen molar-refractivity contribution in [3.63, 3.8) is 0 Å². The predicted octanol–water partition coefficient (Wildman–Crippen LogP) is 5.55. The summed E-state index contributed by atoms with van der Waals surface area (Å²) < 4.78 is 8.59. The Labute approximate surface area is 143 Å². The highest BCUT2D eigenvalue weighted by molar-refractivity contribution is 9.11. The molecule has 6 heteroatoms. The van der Waals surface area contributed by atoms with Crippen LogP contribution in [0.5, 0.6) is 5.75 Å². The number of carboxylic acid groups (broad SMARTS) is 1. The highest BCUT2D eigenvalue weighted by Gasteiger charge is 2.14. The number of hydrogen-bond acceptors (Lipinski definition) is 2. The molecule has 1 unspecified atom stereocenters. The van der Waals surface area contributed by atoms with Gasteiger partial charge in [-0.2, -0.15) is 0 Å². The molecule has 0 amide bonds. The van der Waals surface area contributed by atoms with Crippen LogP contribution in [-0.4, -0.2) is 17.2 Å². The third-order valence-corrected chi connectivity index (χ3v) is 4.36. The van der Waals surface area contributed by atoms with Crippen LogP contribution in [0, 0.1) is 0 Å². The van der Waals surface area contributed by atoms with Crippen molar-refractivity contribution in [2.45, 2.75) is 32.8 Å². The molecule has 0 fully saturated rings. The summed E-state index contributed by atoms with van der Waals surface area (Å²) >= 11 is 10.3. The number of halogens is 3. The fraction of sp³-hybridized carbons (Fsp3) is 0.357. The van der Waals surface area contributed by atoms with E-state index < -0.39 is 5.97 Å². The van der Waals surface area contributed by atoms with Crippen LogP contribution in [0.25, 0.3) is 0 Å². The zero-order valence-corrected chi connectivity index (χ0v) is 15.9. The van der Waals surface area contributed by atoms with Gasteiger partial charge in [0.2, 0.25) is 0 Å². The van der Waals surface area contributed by atoms with Gasteiger partial charge in [-0.05, 0) is 57.3 Å². The van der Waals surface area contributed by atoms with Crippen molar-refractivity contribution in [3.8, 4) is 5.75 Å². The van der Waals surface area contributed by atoms with Crippen molar-refractivity contribution in [1.82, 2.24) is 0 Å². The van der Waals surface area contributed by atoms with Crippen LogP contribution in [0.3, 0.4) is 0 Å². The summed E-state index contributed by atoms with van der Waals surface area (Å²) in [7, 11) is 0. The van der Waals surface area contributed by atoms with Crippen LogP contribution in [0.1, 0.15) is 26.7 Å². The second-order valence-corrected chi connectivity index (χ2v) is 6.90. The SMILES string of the molecule is CCC(CC=C(C)C(=O)O)Oc1c(Br)cc(Br)cc1Br. The molecule has 1 aromatic rings. The molecular formula is C14H15Br3O3. The van der Waals surface area contributed by atoms with Crippen molar-refractivity contribution >= 4 is 53.8 Å². The maximum Gasteiger partial charge on any atom is 0.330 e.